The molecule has 0 aromatic rings. The maximum Gasteiger partial charge on any atom is 0 e. The van der Waals surface area contributed by atoms with Crippen LogP contribution in [0.5, 0.6) is 0 Å². The minimum absolute atomic E-state index is 0. The van der Waals surface area contributed by atoms with Crippen LogP contribution in [0.1, 0.15) is 0 Å². The van der Waals surface area contributed by atoms with Crippen LogP contribution in [0.2, 0.25) is 0 Å². The van der Waals surface area contributed by atoms with Crippen molar-refractivity contribution < 1.29 is 84.9 Å². The van der Waals surface area contributed by atoms with Crippen molar-refractivity contribution in [3.05, 3.63) is 0 Å². The maximum absolute atomic E-state index is 0. The van der Waals surface area contributed by atoms with Gasteiger partial charge in [0.25, 0.3) is 0 Å². The zero-order valence-electron chi connectivity index (χ0n) is 2.62. The van der Waals surface area contributed by atoms with Gasteiger partial charge in [-0.2, -0.15) is 13.5 Å². The minimum atomic E-state index is 0. The molecule has 5 heavy (non-hydrogen) atoms. The van der Waals surface area contributed by atoms with Crippen molar-refractivity contribution in [1.82, 2.24) is 0 Å². The molecular formula is H2CdCuMoSZn. The number of hydrogen-bond donors (Lipinski definition) is 0. The molecule has 29 valence electrons. The Morgan fingerprint density at radius 2 is 1.00 bits per heavy atom. The summed E-state index contributed by atoms with van der Waals surface area (Å²) in [6.45, 7) is 0. The van der Waals surface area contributed by atoms with Gasteiger partial charge in [0.05, 0.1) is 0 Å². The molecule has 0 aliphatic rings. The van der Waals surface area contributed by atoms with Gasteiger partial charge in [-0.25, -0.2) is 0 Å². The monoisotopic (exact) mass is 373 g/mol. The molecule has 0 aromatic carbocycles. The SMILES string of the molecule is S.[Cd].[Cu].[Mo].[Zn]. The fourth-order valence-corrected chi connectivity index (χ4v) is 0. The van der Waals surface area contributed by atoms with Crippen LogP contribution in [0.15, 0.2) is 0 Å². The Balaban J connectivity index is 0. The van der Waals surface area contributed by atoms with Gasteiger partial charge in [-0.15, -0.1) is 0 Å². The molecule has 5 heteroatoms. The normalized spacial score (nSPS) is 0. The van der Waals surface area contributed by atoms with Gasteiger partial charge < -0.3 is 0 Å². The topological polar surface area (TPSA) is 0 Å². The fraction of sp³-hybridized carbons (Fsp3) is 0. The second-order valence-electron chi connectivity index (χ2n) is 0. The number of rotatable bonds is 0. The Labute approximate surface area is 96.7 Å². The molecule has 0 spiro atoms. The Bertz CT molecular complexity index is 11.6. The van der Waals surface area contributed by atoms with E-state index < -0.39 is 0 Å². The summed E-state index contributed by atoms with van der Waals surface area (Å²) in [5, 5.41) is 0. The van der Waals surface area contributed by atoms with Crippen molar-refractivity contribution in [2.45, 2.75) is 0 Å². The summed E-state index contributed by atoms with van der Waals surface area (Å²) < 4.78 is 0. The van der Waals surface area contributed by atoms with E-state index in [0.29, 0.717) is 0 Å². The Hall–Kier alpha value is 3.10. The van der Waals surface area contributed by atoms with Crippen molar-refractivity contribution >= 4 is 13.5 Å². The van der Waals surface area contributed by atoms with Gasteiger partial charge in [0.2, 0.25) is 0 Å². The van der Waals surface area contributed by atoms with Crippen LogP contribution in [-0.4, -0.2) is 0 Å². The third kappa shape index (κ3) is 19.2. The predicted octanol–water partition coefficient (Wildman–Crippen LogP) is 0.103. The Morgan fingerprint density at radius 1 is 1.00 bits per heavy atom. The first-order valence-electron chi connectivity index (χ1n) is 0. The Kier molecular flexibility index (Phi) is 233. The quantitative estimate of drug-likeness (QED) is 0.530. The number of hydrogen-bond acceptors (Lipinski definition) is 0. The maximum atomic E-state index is 0. The first kappa shape index (κ1) is 42.5. The third-order valence-electron chi connectivity index (χ3n) is 0. The Morgan fingerprint density at radius 3 is 1.00 bits per heavy atom. The van der Waals surface area contributed by atoms with E-state index >= 15 is 0 Å². The molecule has 0 saturated carbocycles. The summed E-state index contributed by atoms with van der Waals surface area (Å²) in [5.74, 6) is 0. The molecule has 0 aliphatic carbocycles. The van der Waals surface area contributed by atoms with Gasteiger partial charge in [0, 0.05) is 84.9 Å². The summed E-state index contributed by atoms with van der Waals surface area (Å²) >= 11 is 0. The van der Waals surface area contributed by atoms with Crippen molar-refractivity contribution in [3.8, 4) is 0 Å². The summed E-state index contributed by atoms with van der Waals surface area (Å²) in [7, 11) is 0. The molecule has 0 amide bonds. The average molecular weight is 371 g/mol. The standard InChI is InChI=1S/Cd.Cu.Mo.H2S.Zn/h;;;1H2;. The van der Waals surface area contributed by atoms with E-state index in [1.54, 1.807) is 0 Å². The van der Waals surface area contributed by atoms with Crippen molar-refractivity contribution in [2.24, 2.45) is 0 Å². The average Bonchev–Trinajstić information content (AvgIpc) is 0. The second kappa shape index (κ2) is 27.5. The van der Waals surface area contributed by atoms with E-state index in [2.05, 4.69) is 0 Å². The molecule has 0 atom stereocenters. The van der Waals surface area contributed by atoms with Crippen LogP contribution in [0.3, 0.4) is 0 Å². The molecule has 0 aliphatic heterocycles. The smallest absolute Gasteiger partial charge is 0 e. The van der Waals surface area contributed by atoms with Gasteiger partial charge in [-0.3, -0.25) is 0 Å². The van der Waals surface area contributed by atoms with E-state index in [9.17, 15) is 0 Å². The van der Waals surface area contributed by atoms with Gasteiger partial charge in [-0.1, -0.05) is 0 Å². The van der Waals surface area contributed by atoms with Crippen LogP contribution in [-0.2, 0) is 84.9 Å². The van der Waals surface area contributed by atoms with Gasteiger partial charge in [0.1, 0.15) is 0 Å². The summed E-state index contributed by atoms with van der Waals surface area (Å²) in [5.41, 5.74) is 0. The van der Waals surface area contributed by atoms with E-state index in [4.69, 9.17) is 0 Å². The second-order valence-corrected chi connectivity index (χ2v) is 0. The van der Waals surface area contributed by atoms with Crippen LogP contribution >= 0.6 is 13.5 Å². The van der Waals surface area contributed by atoms with E-state index in [1.807, 2.05) is 0 Å². The fourth-order valence-electron chi connectivity index (χ4n) is 0. The molecule has 0 aromatic heterocycles. The van der Waals surface area contributed by atoms with E-state index in [-0.39, 0.29) is 98.4 Å². The molecule has 0 saturated heterocycles. The van der Waals surface area contributed by atoms with Gasteiger partial charge in [-0.05, 0) is 0 Å². The largest absolute Gasteiger partial charge is 0.197 e. The van der Waals surface area contributed by atoms with Crippen LogP contribution in [0.4, 0.5) is 0 Å². The molecule has 0 rings (SSSR count). The minimum Gasteiger partial charge on any atom is -0.197 e. The van der Waals surface area contributed by atoms with Gasteiger partial charge in [0.15, 0.2) is 0 Å². The zero-order valence-corrected chi connectivity index (χ0v) is 13.6. The van der Waals surface area contributed by atoms with Crippen molar-refractivity contribution in [1.29, 1.82) is 0 Å². The van der Waals surface area contributed by atoms with Crippen LogP contribution in [0.25, 0.3) is 0 Å². The molecule has 0 nitrogen and oxygen atoms in total. The summed E-state index contributed by atoms with van der Waals surface area (Å²) in [6.07, 6.45) is 0. The molecule has 0 bridgehead atoms. The first-order chi connectivity index (χ1) is 0. The first-order valence-corrected chi connectivity index (χ1v) is 0. The predicted molar refractivity (Wildman–Crippen MR) is 10.4 cm³/mol. The van der Waals surface area contributed by atoms with Crippen LogP contribution < -0.4 is 0 Å². The van der Waals surface area contributed by atoms with E-state index in [0.717, 1.165) is 0 Å². The van der Waals surface area contributed by atoms with Gasteiger partial charge >= 0.3 is 0 Å². The van der Waals surface area contributed by atoms with Crippen molar-refractivity contribution in [3.63, 3.8) is 0 Å². The van der Waals surface area contributed by atoms with E-state index in [1.165, 1.54) is 0 Å². The third-order valence-corrected chi connectivity index (χ3v) is 0. The summed E-state index contributed by atoms with van der Waals surface area (Å²) in [6, 6.07) is 0. The molecule has 0 heterocycles. The molecular weight excluding hydrogens is 369 g/mol. The molecule has 0 N–H and O–H groups in total. The van der Waals surface area contributed by atoms with Crippen LogP contribution in [0, 0.1) is 0 Å². The molecule has 0 unspecified atom stereocenters. The molecule has 0 fully saturated rings. The molecule has 1 radical (unpaired) electrons. The zero-order chi connectivity index (χ0) is 0. The summed E-state index contributed by atoms with van der Waals surface area (Å²) in [4.78, 5) is 0. The van der Waals surface area contributed by atoms with Crippen molar-refractivity contribution in [2.75, 3.05) is 0 Å².